The first-order chi connectivity index (χ1) is 10.5. The van der Waals surface area contributed by atoms with Gasteiger partial charge in [0.2, 0.25) is 5.78 Å². The molecule has 22 heavy (non-hydrogen) atoms. The molecular formula is C17H19BrN4. The van der Waals surface area contributed by atoms with Crippen molar-refractivity contribution >= 4 is 21.7 Å². The van der Waals surface area contributed by atoms with Crippen molar-refractivity contribution in [1.29, 1.82) is 0 Å². The molecule has 0 radical (unpaired) electrons. The van der Waals surface area contributed by atoms with E-state index in [1.165, 1.54) is 5.56 Å². The molecule has 0 atom stereocenters. The summed E-state index contributed by atoms with van der Waals surface area (Å²) in [6.07, 6.45) is 0. The molecule has 3 rings (SSSR count). The summed E-state index contributed by atoms with van der Waals surface area (Å²) >= 11 is 3.67. The van der Waals surface area contributed by atoms with Crippen LogP contribution >= 0.6 is 15.9 Å². The molecule has 114 valence electrons. The van der Waals surface area contributed by atoms with Crippen molar-refractivity contribution in [3.8, 4) is 0 Å². The van der Waals surface area contributed by atoms with Gasteiger partial charge in [-0.2, -0.15) is 0 Å². The van der Waals surface area contributed by atoms with Crippen molar-refractivity contribution in [3.63, 3.8) is 0 Å². The molecule has 0 unspecified atom stereocenters. The van der Waals surface area contributed by atoms with E-state index in [1.807, 2.05) is 13.0 Å². The first-order valence-electron chi connectivity index (χ1n) is 7.28. The smallest absolute Gasteiger partial charge is 0.235 e. The van der Waals surface area contributed by atoms with E-state index in [4.69, 9.17) is 0 Å². The van der Waals surface area contributed by atoms with E-state index in [1.54, 1.807) is 0 Å². The zero-order valence-corrected chi connectivity index (χ0v) is 14.6. The molecule has 0 aliphatic rings. The van der Waals surface area contributed by atoms with Crippen LogP contribution in [-0.2, 0) is 13.1 Å². The summed E-state index contributed by atoms with van der Waals surface area (Å²) in [4.78, 5) is 11.4. The Morgan fingerprint density at radius 1 is 1.09 bits per heavy atom. The molecule has 2 aromatic heterocycles. The van der Waals surface area contributed by atoms with Crippen LogP contribution in [0.4, 0.5) is 0 Å². The van der Waals surface area contributed by atoms with Crippen LogP contribution in [0, 0.1) is 13.8 Å². The zero-order valence-electron chi connectivity index (χ0n) is 13.0. The Balaban J connectivity index is 1.85. The first-order valence-corrected chi connectivity index (χ1v) is 8.07. The molecule has 0 bridgehead atoms. The topological polar surface area (TPSA) is 33.4 Å². The van der Waals surface area contributed by atoms with Gasteiger partial charge < -0.3 is 0 Å². The second kappa shape index (κ2) is 6.18. The Kier molecular flexibility index (Phi) is 4.27. The second-order valence-electron chi connectivity index (χ2n) is 5.68. The molecule has 3 aromatic rings. The molecule has 0 aliphatic heterocycles. The molecule has 0 spiro atoms. The molecule has 1 aromatic carbocycles. The van der Waals surface area contributed by atoms with Gasteiger partial charge in [-0.15, -0.1) is 0 Å². The van der Waals surface area contributed by atoms with E-state index in [0.717, 1.165) is 40.6 Å². The summed E-state index contributed by atoms with van der Waals surface area (Å²) in [6, 6.07) is 12.5. The van der Waals surface area contributed by atoms with Gasteiger partial charge in [0, 0.05) is 24.5 Å². The first kappa shape index (κ1) is 15.2. The maximum Gasteiger partial charge on any atom is 0.235 e. The number of aromatic nitrogens is 3. The van der Waals surface area contributed by atoms with Gasteiger partial charge in [0.05, 0.1) is 5.69 Å². The quantitative estimate of drug-likeness (QED) is 0.712. The van der Waals surface area contributed by atoms with E-state index >= 15 is 0 Å². The Morgan fingerprint density at radius 3 is 2.55 bits per heavy atom. The lowest BCUT2D eigenvalue weighted by Crippen LogP contribution is -2.17. The minimum absolute atomic E-state index is 0.757. The van der Waals surface area contributed by atoms with Gasteiger partial charge in [-0.3, -0.25) is 9.30 Å². The van der Waals surface area contributed by atoms with E-state index in [9.17, 15) is 0 Å². The fourth-order valence-corrected chi connectivity index (χ4v) is 3.34. The minimum atomic E-state index is 0.757. The van der Waals surface area contributed by atoms with Crippen LogP contribution in [0.2, 0.25) is 0 Å². The van der Waals surface area contributed by atoms with Gasteiger partial charge in [0.15, 0.2) is 0 Å². The molecule has 0 amide bonds. The fourth-order valence-electron chi connectivity index (χ4n) is 2.69. The number of aryl methyl sites for hydroxylation is 2. The van der Waals surface area contributed by atoms with Gasteiger partial charge in [-0.1, -0.05) is 30.3 Å². The number of rotatable bonds is 4. The van der Waals surface area contributed by atoms with Gasteiger partial charge in [0.1, 0.15) is 4.60 Å². The Hall–Kier alpha value is -1.72. The molecule has 0 fully saturated rings. The highest BCUT2D eigenvalue weighted by molar-refractivity contribution is 9.10. The molecule has 5 heteroatoms. The number of benzene rings is 1. The van der Waals surface area contributed by atoms with Crippen LogP contribution in [0.25, 0.3) is 5.78 Å². The number of hydrogen-bond acceptors (Lipinski definition) is 3. The monoisotopic (exact) mass is 358 g/mol. The predicted octanol–water partition coefficient (Wildman–Crippen LogP) is 3.74. The molecule has 0 saturated carbocycles. The maximum atomic E-state index is 4.68. The SMILES string of the molecule is Cc1cc(C)n2c(Br)c(CN(C)Cc3ccccc3)nc2n1. The van der Waals surface area contributed by atoms with Crippen molar-refractivity contribution in [1.82, 2.24) is 19.3 Å². The molecule has 0 saturated heterocycles. The summed E-state index contributed by atoms with van der Waals surface area (Å²) < 4.78 is 3.05. The standard InChI is InChI=1S/C17H19BrN4/c1-12-9-13(2)22-16(18)15(20-17(22)19-12)11-21(3)10-14-7-5-4-6-8-14/h4-9H,10-11H2,1-3H3. The number of nitrogens with zero attached hydrogens (tertiary/aromatic N) is 4. The summed E-state index contributed by atoms with van der Waals surface area (Å²) in [6.45, 7) is 5.74. The Morgan fingerprint density at radius 2 is 1.82 bits per heavy atom. The summed E-state index contributed by atoms with van der Waals surface area (Å²) in [5.74, 6) is 0.757. The normalized spacial score (nSPS) is 11.5. The highest BCUT2D eigenvalue weighted by Gasteiger charge is 2.14. The van der Waals surface area contributed by atoms with Crippen molar-refractivity contribution < 1.29 is 0 Å². The third-order valence-corrected chi connectivity index (χ3v) is 4.44. The highest BCUT2D eigenvalue weighted by Crippen LogP contribution is 2.22. The van der Waals surface area contributed by atoms with Gasteiger partial charge in [0.25, 0.3) is 0 Å². The van der Waals surface area contributed by atoms with Crippen molar-refractivity contribution in [2.75, 3.05) is 7.05 Å². The Labute approximate surface area is 138 Å². The molecule has 0 aliphatic carbocycles. The summed E-state index contributed by atoms with van der Waals surface area (Å²) in [5.41, 5.74) is 4.44. The van der Waals surface area contributed by atoms with Crippen LogP contribution in [0.15, 0.2) is 41.0 Å². The third-order valence-electron chi connectivity index (χ3n) is 3.63. The van der Waals surface area contributed by atoms with Gasteiger partial charge in [-0.25, -0.2) is 9.97 Å². The summed E-state index contributed by atoms with van der Waals surface area (Å²) in [5, 5.41) is 0. The minimum Gasteiger partial charge on any atom is -0.296 e. The maximum absolute atomic E-state index is 4.68. The van der Waals surface area contributed by atoms with Gasteiger partial charge in [-0.05, 0) is 48.5 Å². The lowest BCUT2D eigenvalue weighted by molar-refractivity contribution is 0.315. The number of fused-ring (bicyclic) bond motifs is 1. The Bertz CT molecular complexity index is 795. The van der Waals surface area contributed by atoms with Crippen molar-refractivity contribution in [2.45, 2.75) is 26.9 Å². The predicted molar refractivity (Wildman–Crippen MR) is 91.8 cm³/mol. The van der Waals surface area contributed by atoms with E-state index in [2.05, 4.69) is 79.5 Å². The van der Waals surface area contributed by atoms with Crippen LogP contribution in [0.1, 0.15) is 22.6 Å². The molecule has 0 N–H and O–H groups in total. The molecular weight excluding hydrogens is 340 g/mol. The molecule has 2 heterocycles. The lowest BCUT2D eigenvalue weighted by Gasteiger charge is -2.15. The van der Waals surface area contributed by atoms with E-state index in [-0.39, 0.29) is 0 Å². The number of imidazole rings is 1. The van der Waals surface area contributed by atoms with Crippen LogP contribution < -0.4 is 0 Å². The summed E-state index contributed by atoms with van der Waals surface area (Å²) in [7, 11) is 2.11. The fraction of sp³-hybridized carbons (Fsp3) is 0.294. The van der Waals surface area contributed by atoms with Crippen LogP contribution in [-0.4, -0.2) is 26.3 Å². The third kappa shape index (κ3) is 3.05. The van der Waals surface area contributed by atoms with Crippen molar-refractivity contribution in [2.24, 2.45) is 0 Å². The van der Waals surface area contributed by atoms with Gasteiger partial charge >= 0.3 is 0 Å². The zero-order chi connectivity index (χ0) is 15.7. The average Bonchev–Trinajstić information content (AvgIpc) is 2.76. The lowest BCUT2D eigenvalue weighted by atomic mass is 10.2. The highest BCUT2D eigenvalue weighted by atomic mass is 79.9. The second-order valence-corrected chi connectivity index (χ2v) is 6.43. The average molecular weight is 359 g/mol. The van der Waals surface area contributed by atoms with Crippen LogP contribution in [0.3, 0.4) is 0 Å². The number of hydrogen-bond donors (Lipinski definition) is 0. The number of halogens is 1. The van der Waals surface area contributed by atoms with E-state index < -0.39 is 0 Å². The van der Waals surface area contributed by atoms with Crippen molar-refractivity contribution in [3.05, 3.63) is 63.6 Å². The largest absolute Gasteiger partial charge is 0.296 e. The van der Waals surface area contributed by atoms with Crippen LogP contribution in [0.5, 0.6) is 0 Å². The van der Waals surface area contributed by atoms with E-state index in [0.29, 0.717) is 0 Å². The molecule has 4 nitrogen and oxygen atoms in total.